The van der Waals surface area contributed by atoms with Gasteiger partial charge in [0.15, 0.2) is 0 Å². The third kappa shape index (κ3) is 7.54. The van der Waals surface area contributed by atoms with Crippen LogP contribution in [0.3, 0.4) is 0 Å². The first-order valence-corrected chi connectivity index (χ1v) is 17.9. The minimum Gasteiger partial charge on any atom is -0.508 e. The Labute approximate surface area is 299 Å². The number of imide groups is 1. The molecule has 2 saturated heterocycles. The third-order valence-electron chi connectivity index (χ3n) is 10.2. The number of anilines is 1. The molecule has 2 N–H and O–H groups in total. The molecule has 0 aliphatic carbocycles. The molecule has 0 bridgehead atoms. The van der Waals surface area contributed by atoms with Crippen LogP contribution in [0.15, 0.2) is 97.1 Å². The summed E-state index contributed by atoms with van der Waals surface area (Å²) in [6, 6.07) is 31.6. The maximum atomic E-state index is 13.1. The molecule has 0 saturated carbocycles. The molecule has 9 heteroatoms. The van der Waals surface area contributed by atoms with Gasteiger partial charge in [-0.1, -0.05) is 61.5 Å². The van der Waals surface area contributed by atoms with E-state index in [0.717, 1.165) is 79.3 Å². The van der Waals surface area contributed by atoms with E-state index >= 15 is 0 Å². The molecule has 0 radical (unpaired) electrons. The number of nitrogens with zero attached hydrogens (tertiary/aromatic N) is 3. The molecule has 3 aliphatic heterocycles. The topological polar surface area (TPSA) is 102 Å². The zero-order valence-corrected chi connectivity index (χ0v) is 29.0. The fourth-order valence-corrected chi connectivity index (χ4v) is 7.49. The summed E-state index contributed by atoms with van der Waals surface area (Å²) < 4.78 is 6.17. The van der Waals surface area contributed by atoms with Gasteiger partial charge in [-0.3, -0.25) is 24.6 Å². The zero-order valence-electron chi connectivity index (χ0n) is 29.0. The van der Waals surface area contributed by atoms with Gasteiger partial charge in [-0.25, -0.2) is 0 Å². The van der Waals surface area contributed by atoms with E-state index < -0.39 is 6.04 Å². The summed E-state index contributed by atoms with van der Waals surface area (Å²) in [7, 11) is 0. The first-order valence-electron chi connectivity index (χ1n) is 17.9. The van der Waals surface area contributed by atoms with Gasteiger partial charge in [0.1, 0.15) is 17.5 Å². The Morgan fingerprint density at radius 3 is 2.24 bits per heavy atom. The number of allylic oxidation sites excluding steroid dienone is 1. The molecule has 4 aromatic carbocycles. The number of carbonyl (C=O) groups is 3. The average molecular weight is 685 g/mol. The quantitative estimate of drug-likeness (QED) is 0.112. The lowest BCUT2D eigenvalue weighted by Gasteiger charge is -2.36. The van der Waals surface area contributed by atoms with Crippen LogP contribution in [0.5, 0.6) is 11.5 Å². The molecule has 262 valence electrons. The summed E-state index contributed by atoms with van der Waals surface area (Å²) in [5.41, 5.74) is 8.42. The van der Waals surface area contributed by atoms with Crippen molar-refractivity contribution in [1.82, 2.24) is 15.1 Å². The van der Waals surface area contributed by atoms with Crippen LogP contribution < -0.4 is 15.0 Å². The van der Waals surface area contributed by atoms with E-state index in [9.17, 15) is 19.5 Å². The van der Waals surface area contributed by atoms with Gasteiger partial charge in [0.25, 0.3) is 5.91 Å². The van der Waals surface area contributed by atoms with Crippen molar-refractivity contribution in [3.05, 3.63) is 125 Å². The number of piperazine rings is 1. The van der Waals surface area contributed by atoms with E-state index in [4.69, 9.17) is 4.74 Å². The Kier molecular flexibility index (Phi) is 10.2. The molecule has 3 amide bonds. The number of amides is 3. The van der Waals surface area contributed by atoms with E-state index in [-0.39, 0.29) is 29.9 Å². The molecular weight excluding hydrogens is 640 g/mol. The first kappa shape index (κ1) is 34.1. The van der Waals surface area contributed by atoms with Gasteiger partial charge in [0.2, 0.25) is 11.8 Å². The SMILES string of the molecule is CCC(=C(c1ccc(O)cc1)c1ccc(OCCCN2CCN(c3ccc4c(c3)CN(C3CCC(=O)NC3=O)C4=O)CC2)cc1)c1ccccc1. The van der Waals surface area contributed by atoms with Gasteiger partial charge in [-0.05, 0) is 95.1 Å². The highest BCUT2D eigenvalue weighted by atomic mass is 16.5. The van der Waals surface area contributed by atoms with E-state index in [2.05, 4.69) is 64.5 Å². The molecule has 3 aliphatic rings. The maximum absolute atomic E-state index is 13.1. The molecule has 7 rings (SSSR count). The lowest BCUT2D eigenvalue weighted by molar-refractivity contribution is -0.136. The summed E-state index contributed by atoms with van der Waals surface area (Å²) in [6.45, 7) is 7.83. The summed E-state index contributed by atoms with van der Waals surface area (Å²) in [6.07, 6.45) is 2.41. The minimum absolute atomic E-state index is 0.140. The third-order valence-corrected chi connectivity index (χ3v) is 10.2. The molecule has 4 aromatic rings. The smallest absolute Gasteiger partial charge is 0.255 e. The fourth-order valence-electron chi connectivity index (χ4n) is 7.49. The maximum Gasteiger partial charge on any atom is 0.255 e. The number of piperidine rings is 1. The molecular formula is C42H44N4O5. The fraction of sp³-hybridized carbons (Fsp3) is 0.310. The molecule has 0 spiro atoms. The number of ether oxygens (including phenoxy) is 1. The average Bonchev–Trinajstić information content (AvgIpc) is 3.48. The first-order chi connectivity index (χ1) is 24.9. The molecule has 3 heterocycles. The van der Waals surface area contributed by atoms with Crippen LogP contribution >= 0.6 is 0 Å². The molecule has 1 atom stereocenters. The Hall–Kier alpha value is -5.41. The number of carbonyl (C=O) groups excluding carboxylic acids is 3. The highest BCUT2D eigenvalue weighted by Gasteiger charge is 2.39. The second-order valence-electron chi connectivity index (χ2n) is 13.4. The van der Waals surface area contributed by atoms with Crippen molar-refractivity contribution in [1.29, 1.82) is 0 Å². The van der Waals surface area contributed by atoms with E-state index in [1.807, 2.05) is 42.5 Å². The Balaban J connectivity index is 0.907. The van der Waals surface area contributed by atoms with Gasteiger partial charge >= 0.3 is 0 Å². The van der Waals surface area contributed by atoms with Crippen LogP contribution in [0, 0.1) is 0 Å². The van der Waals surface area contributed by atoms with Crippen LogP contribution in [-0.4, -0.2) is 78.0 Å². The zero-order chi connectivity index (χ0) is 35.3. The van der Waals surface area contributed by atoms with Crippen molar-refractivity contribution in [2.75, 3.05) is 44.2 Å². The van der Waals surface area contributed by atoms with E-state index in [0.29, 0.717) is 25.1 Å². The van der Waals surface area contributed by atoms with Crippen LogP contribution in [-0.2, 0) is 16.1 Å². The normalized spacial score (nSPS) is 18.4. The summed E-state index contributed by atoms with van der Waals surface area (Å²) in [5.74, 6) is 0.293. The number of rotatable bonds is 11. The van der Waals surface area contributed by atoms with Gasteiger partial charge in [0, 0.05) is 56.9 Å². The van der Waals surface area contributed by atoms with Gasteiger partial charge in [-0.2, -0.15) is 0 Å². The predicted molar refractivity (Wildman–Crippen MR) is 198 cm³/mol. The van der Waals surface area contributed by atoms with Gasteiger partial charge in [0.05, 0.1) is 6.61 Å². The molecule has 0 aromatic heterocycles. The van der Waals surface area contributed by atoms with Crippen LogP contribution in [0.4, 0.5) is 5.69 Å². The van der Waals surface area contributed by atoms with Gasteiger partial charge < -0.3 is 19.6 Å². The number of hydrogen-bond donors (Lipinski definition) is 2. The lowest BCUT2D eigenvalue weighted by atomic mass is 9.88. The van der Waals surface area contributed by atoms with Crippen molar-refractivity contribution in [2.24, 2.45) is 0 Å². The van der Waals surface area contributed by atoms with E-state index in [1.165, 1.54) is 11.1 Å². The molecule has 1 unspecified atom stereocenters. The number of aromatic hydroxyl groups is 1. The van der Waals surface area contributed by atoms with Crippen LogP contribution in [0.1, 0.15) is 65.2 Å². The highest BCUT2D eigenvalue weighted by Crippen LogP contribution is 2.36. The monoisotopic (exact) mass is 684 g/mol. The summed E-state index contributed by atoms with van der Waals surface area (Å²) in [4.78, 5) is 43.5. The number of fused-ring (bicyclic) bond motifs is 1. The van der Waals surface area contributed by atoms with Crippen LogP contribution in [0.2, 0.25) is 0 Å². The van der Waals surface area contributed by atoms with Crippen molar-refractivity contribution in [2.45, 2.75) is 45.2 Å². The van der Waals surface area contributed by atoms with E-state index in [1.54, 1.807) is 17.0 Å². The molecule has 51 heavy (non-hydrogen) atoms. The number of phenols is 1. The van der Waals surface area contributed by atoms with Crippen molar-refractivity contribution < 1.29 is 24.2 Å². The number of hydrogen-bond acceptors (Lipinski definition) is 7. The molecule has 2 fully saturated rings. The van der Waals surface area contributed by atoms with Crippen molar-refractivity contribution >= 4 is 34.6 Å². The van der Waals surface area contributed by atoms with Crippen molar-refractivity contribution in [3.63, 3.8) is 0 Å². The second kappa shape index (κ2) is 15.2. The highest BCUT2D eigenvalue weighted by molar-refractivity contribution is 6.05. The lowest BCUT2D eigenvalue weighted by Crippen LogP contribution is -2.52. The summed E-state index contributed by atoms with van der Waals surface area (Å²) in [5, 5.41) is 12.3. The minimum atomic E-state index is -0.599. The molecule has 9 nitrogen and oxygen atoms in total. The van der Waals surface area contributed by atoms with Crippen LogP contribution in [0.25, 0.3) is 11.1 Å². The Morgan fingerprint density at radius 1 is 0.843 bits per heavy atom. The van der Waals surface area contributed by atoms with Gasteiger partial charge in [-0.15, -0.1) is 0 Å². The second-order valence-corrected chi connectivity index (χ2v) is 13.4. The number of nitrogens with one attached hydrogen (secondary N) is 1. The number of phenolic OH excluding ortho intramolecular Hbond substituents is 1. The summed E-state index contributed by atoms with van der Waals surface area (Å²) >= 11 is 0. The predicted octanol–water partition coefficient (Wildman–Crippen LogP) is 6.11. The standard InChI is InChI=1S/C42H44N4O5/c1-2-36(29-7-4-3-5-8-29)40(30-9-14-34(47)15-10-30)31-11-16-35(17-12-31)51-26-6-21-44-22-24-45(25-23-44)33-13-18-37-32(27-33)28-46(42(37)50)38-19-20-39(48)43-41(38)49/h3-5,7-18,27,38,47H,2,6,19-26,28H2,1H3,(H,43,48,49). The Bertz CT molecular complexity index is 1920. The van der Waals surface area contributed by atoms with Crippen molar-refractivity contribution in [3.8, 4) is 11.5 Å². The Morgan fingerprint density at radius 2 is 1.55 bits per heavy atom. The number of benzene rings is 4. The largest absolute Gasteiger partial charge is 0.508 e.